The van der Waals surface area contributed by atoms with Gasteiger partial charge in [-0.2, -0.15) is 5.26 Å². The number of rotatable bonds is 3. The Kier molecular flexibility index (Phi) is 4.24. The molecule has 1 unspecified atom stereocenters. The molecule has 1 atom stereocenters. The van der Waals surface area contributed by atoms with Gasteiger partial charge in [-0.25, -0.2) is 4.98 Å². The first kappa shape index (κ1) is 15.0. The fourth-order valence-corrected chi connectivity index (χ4v) is 2.77. The van der Waals surface area contributed by atoms with Crippen LogP contribution in [0.15, 0.2) is 42.5 Å². The second kappa shape index (κ2) is 6.49. The molecule has 1 saturated heterocycles. The Labute approximate surface area is 135 Å². The van der Waals surface area contributed by atoms with E-state index in [4.69, 9.17) is 5.26 Å². The van der Waals surface area contributed by atoms with Crippen molar-refractivity contribution in [1.82, 2.24) is 4.98 Å². The summed E-state index contributed by atoms with van der Waals surface area (Å²) in [6.07, 6.45) is 1.69. The van der Waals surface area contributed by atoms with E-state index in [0.29, 0.717) is 11.5 Å². The van der Waals surface area contributed by atoms with Gasteiger partial charge in [0, 0.05) is 12.2 Å². The number of hydrogen-bond donors (Lipinski definition) is 1. The molecule has 23 heavy (non-hydrogen) atoms. The van der Waals surface area contributed by atoms with Gasteiger partial charge in [-0.1, -0.05) is 24.3 Å². The number of carbonyl (C=O) groups is 1. The minimum absolute atomic E-state index is 0.0448. The van der Waals surface area contributed by atoms with Crippen molar-refractivity contribution in [2.75, 3.05) is 16.8 Å². The van der Waals surface area contributed by atoms with Gasteiger partial charge in [0.25, 0.3) is 0 Å². The maximum Gasteiger partial charge on any atom is 0.249 e. The van der Waals surface area contributed by atoms with Crippen molar-refractivity contribution in [1.29, 1.82) is 5.26 Å². The Hall–Kier alpha value is -2.87. The molecule has 1 aromatic carbocycles. The number of para-hydroxylation sites is 1. The van der Waals surface area contributed by atoms with Crippen LogP contribution in [-0.4, -0.2) is 23.5 Å². The topological polar surface area (TPSA) is 69.0 Å². The van der Waals surface area contributed by atoms with E-state index in [-0.39, 0.29) is 11.9 Å². The Morgan fingerprint density at radius 1 is 1.26 bits per heavy atom. The quantitative estimate of drug-likeness (QED) is 0.946. The minimum Gasteiger partial charge on any atom is -0.358 e. The standard InChI is InChI=1S/C18H18N4O/c1-13-9-10-17(21-16(13)12-19)20-15-8-5-11-22(18(15)23)14-6-3-2-4-7-14/h2-4,6-7,9-10,15H,5,8,11H2,1H3,(H,20,21). The highest BCUT2D eigenvalue weighted by Crippen LogP contribution is 2.22. The maximum absolute atomic E-state index is 12.7. The highest BCUT2D eigenvalue weighted by atomic mass is 16.2. The first-order chi connectivity index (χ1) is 11.2. The highest BCUT2D eigenvalue weighted by Gasteiger charge is 2.29. The average molecular weight is 306 g/mol. The molecule has 0 aliphatic carbocycles. The van der Waals surface area contributed by atoms with E-state index in [9.17, 15) is 4.79 Å². The predicted molar refractivity (Wildman–Crippen MR) is 89.1 cm³/mol. The van der Waals surface area contributed by atoms with E-state index >= 15 is 0 Å². The Morgan fingerprint density at radius 2 is 2.04 bits per heavy atom. The number of anilines is 2. The summed E-state index contributed by atoms with van der Waals surface area (Å²) in [6, 6.07) is 15.1. The van der Waals surface area contributed by atoms with Gasteiger partial charge in [-0.15, -0.1) is 0 Å². The average Bonchev–Trinajstić information content (AvgIpc) is 2.59. The third-order valence-electron chi connectivity index (χ3n) is 4.03. The molecule has 0 spiro atoms. The zero-order chi connectivity index (χ0) is 16.2. The number of hydrogen-bond acceptors (Lipinski definition) is 4. The van der Waals surface area contributed by atoms with Crippen molar-refractivity contribution in [3.63, 3.8) is 0 Å². The van der Waals surface area contributed by atoms with Gasteiger partial charge >= 0.3 is 0 Å². The first-order valence-corrected chi connectivity index (χ1v) is 7.70. The van der Waals surface area contributed by atoms with Crippen LogP contribution in [0.5, 0.6) is 0 Å². The second-order valence-corrected chi connectivity index (χ2v) is 5.64. The minimum atomic E-state index is -0.314. The second-order valence-electron chi connectivity index (χ2n) is 5.64. The molecule has 1 amide bonds. The largest absolute Gasteiger partial charge is 0.358 e. The van der Waals surface area contributed by atoms with Gasteiger partial charge in [-0.05, 0) is 43.5 Å². The van der Waals surface area contributed by atoms with E-state index in [2.05, 4.69) is 16.4 Å². The monoisotopic (exact) mass is 306 g/mol. The lowest BCUT2D eigenvalue weighted by Crippen LogP contribution is -2.47. The third kappa shape index (κ3) is 3.16. The van der Waals surface area contributed by atoms with Crippen LogP contribution in [0, 0.1) is 18.3 Å². The van der Waals surface area contributed by atoms with E-state index < -0.39 is 0 Å². The molecular formula is C18H18N4O. The van der Waals surface area contributed by atoms with Crippen LogP contribution in [0.4, 0.5) is 11.5 Å². The molecule has 2 heterocycles. The summed E-state index contributed by atoms with van der Waals surface area (Å²) in [6.45, 7) is 2.57. The third-order valence-corrected chi connectivity index (χ3v) is 4.03. The number of nitrogens with one attached hydrogen (secondary N) is 1. The molecule has 1 fully saturated rings. The van der Waals surface area contributed by atoms with Crippen molar-refractivity contribution in [3.8, 4) is 6.07 Å². The molecule has 0 bridgehead atoms. The summed E-state index contributed by atoms with van der Waals surface area (Å²) in [4.78, 5) is 18.8. The zero-order valence-electron chi connectivity index (χ0n) is 13.0. The van der Waals surface area contributed by atoms with Crippen molar-refractivity contribution < 1.29 is 4.79 Å². The molecule has 116 valence electrons. The fraction of sp³-hybridized carbons (Fsp3) is 0.278. The van der Waals surface area contributed by atoms with Gasteiger partial charge in [0.05, 0.1) is 0 Å². The van der Waals surface area contributed by atoms with E-state index in [1.54, 1.807) is 4.90 Å². The summed E-state index contributed by atoms with van der Waals surface area (Å²) in [7, 11) is 0. The van der Waals surface area contributed by atoms with E-state index in [1.165, 1.54) is 0 Å². The number of pyridine rings is 1. The van der Waals surface area contributed by atoms with Crippen LogP contribution in [0.25, 0.3) is 0 Å². The zero-order valence-corrected chi connectivity index (χ0v) is 13.0. The fourth-order valence-electron chi connectivity index (χ4n) is 2.77. The Balaban J connectivity index is 1.78. The first-order valence-electron chi connectivity index (χ1n) is 7.70. The number of carbonyl (C=O) groups excluding carboxylic acids is 1. The lowest BCUT2D eigenvalue weighted by atomic mass is 10.0. The molecule has 1 aromatic heterocycles. The lowest BCUT2D eigenvalue weighted by Gasteiger charge is -2.33. The van der Waals surface area contributed by atoms with Crippen LogP contribution in [0.1, 0.15) is 24.1 Å². The molecular weight excluding hydrogens is 288 g/mol. The summed E-state index contributed by atoms with van der Waals surface area (Å²) in [5.41, 5.74) is 2.13. The number of nitrogens with zero attached hydrogens (tertiary/aromatic N) is 3. The van der Waals surface area contributed by atoms with Gasteiger partial charge < -0.3 is 10.2 Å². The SMILES string of the molecule is Cc1ccc(NC2CCCN(c3ccccc3)C2=O)nc1C#N. The molecule has 5 nitrogen and oxygen atoms in total. The number of benzene rings is 1. The van der Waals surface area contributed by atoms with Crippen LogP contribution in [-0.2, 0) is 4.79 Å². The summed E-state index contributed by atoms with van der Waals surface area (Å²) < 4.78 is 0. The van der Waals surface area contributed by atoms with Gasteiger partial charge in [-0.3, -0.25) is 4.79 Å². The van der Waals surface area contributed by atoms with E-state index in [1.807, 2.05) is 49.4 Å². The molecule has 5 heteroatoms. The van der Waals surface area contributed by atoms with Gasteiger partial charge in [0.2, 0.25) is 5.91 Å². The normalized spacial score (nSPS) is 17.7. The number of aryl methyl sites for hydroxylation is 1. The predicted octanol–water partition coefficient (Wildman–Crippen LogP) is 2.87. The van der Waals surface area contributed by atoms with E-state index in [0.717, 1.165) is 30.6 Å². The molecule has 2 aromatic rings. The molecule has 1 aliphatic heterocycles. The Morgan fingerprint density at radius 3 is 2.78 bits per heavy atom. The smallest absolute Gasteiger partial charge is 0.249 e. The van der Waals surface area contributed by atoms with Crippen LogP contribution in [0.3, 0.4) is 0 Å². The Bertz CT molecular complexity index is 751. The molecule has 3 rings (SSSR count). The maximum atomic E-state index is 12.7. The highest BCUT2D eigenvalue weighted by molar-refractivity contribution is 5.99. The van der Waals surface area contributed by atoms with Crippen molar-refractivity contribution >= 4 is 17.4 Å². The molecule has 0 radical (unpaired) electrons. The lowest BCUT2D eigenvalue weighted by molar-refractivity contribution is -0.120. The number of amides is 1. The summed E-state index contributed by atoms with van der Waals surface area (Å²) in [5, 5.41) is 12.3. The number of nitriles is 1. The molecule has 1 aliphatic rings. The number of piperidine rings is 1. The van der Waals surface area contributed by atoms with Crippen LogP contribution < -0.4 is 10.2 Å². The molecule has 0 saturated carbocycles. The van der Waals surface area contributed by atoms with Gasteiger partial charge in [0.15, 0.2) is 0 Å². The van der Waals surface area contributed by atoms with Crippen LogP contribution in [0.2, 0.25) is 0 Å². The number of aromatic nitrogens is 1. The molecule has 1 N–H and O–H groups in total. The van der Waals surface area contributed by atoms with Crippen molar-refractivity contribution in [3.05, 3.63) is 53.7 Å². The van der Waals surface area contributed by atoms with Gasteiger partial charge in [0.1, 0.15) is 23.6 Å². The van der Waals surface area contributed by atoms with Crippen molar-refractivity contribution in [2.45, 2.75) is 25.8 Å². The van der Waals surface area contributed by atoms with Crippen molar-refractivity contribution in [2.24, 2.45) is 0 Å². The summed E-state index contributed by atoms with van der Waals surface area (Å²) >= 11 is 0. The van der Waals surface area contributed by atoms with Crippen LogP contribution >= 0.6 is 0 Å². The summed E-state index contributed by atoms with van der Waals surface area (Å²) in [5.74, 6) is 0.615.